The van der Waals surface area contributed by atoms with Crippen LogP contribution in [-0.2, 0) is 4.79 Å². The maximum absolute atomic E-state index is 10.7. The van der Waals surface area contributed by atoms with Crippen LogP contribution in [0.25, 0.3) is 0 Å². The minimum Gasteiger partial charge on any atom is -0.497 e. The number of carbonyl (C=O) groups excluding carboxylic acids is 1. The summed E-state index contributed by atoms with van der Waals surface area (Å²) in [6, 6.07) is 5.48. The molecule has 0 aromatic heterocycles. The van der Waals surface area contributed by atoms with Crippen LogP contribution in [0, 0.1) is 0 Å². The van der Waals surface area contributed by atoms with E-state index in [1.807, 2.05) is 12.1 Å². The van der Waals surface area contributed by atoms with Crippen LogP contribution in [0.4, 0.5) is 5.69 Å². The molecule has 88 valence electrons. The second-order valence-electron chi connectivity index (χ2n) is 3.58. The van der Waals surface area contributed by atoms with Gasteiger partial charge >= 0.3 is 0 Å². The molecule has 16 heavy (non-hydrogen) atoms. The second kappa shape index (κ2) is 6.38. The van der Waals surface area contributed by atoms with Gasteiger partial charge < -0.3 is 14.8 Å². The van der Waals surface area contributed by atoms with Gasteiger partial charge in [-0.2, -0.15) is 0 Å². The molecule has 0 saturated heterocycles. The Bertz CT molecular complexity index is 366. The molecule has 4 heteroatoms. The van der Waals surface area contributed by atoms with E-state index in [1.165, 1.54) is 0 Å². The number of Topliss-reactive ketones (excluding diaryl/α,β-unsaturated/α-hetero) is 1. The van der Waals surface area contributed by atoms with Gasteiger partial charge in [0.05, 0.1) is 17.8 Å². The zero-order valence-electron chi connectivity index (χ0n) is 9.55. The van der Waals surface area contributed by atoms with Crippen LogP contribution in [0.1, 0.15) is 19.8 Å². The lowest BCUT2D eigenvalue weighted by molar-refractivity contribution is -0.117. The van der Waals surface area contributed by atoms with Gasteiger partial charge in [-0.05, 0) is 25.5 Å². The van der Waals surface area contributed by atoms with Crippen LogP contribution in [-0.4, -0.2) is 19.4 Å². The fraction of sp³-hybridized carbons (Fsp3) is 0.417. The Morgan fingerprint density at radius 1 is 1.50 bits per heavy atom. The van der Waals surface area contributed by atoms with Gasteiger partial charge in [-0.1, -0.05) is 11.6 Å². The Kier molecular flexibility index (Phi) is 5.12. The molecule has 0 fully saturated rings. The van der Waals surface area contributed by atoms with Crippen LogP contribution >= 0.6 is 11.6 Å². The quantitative estimate of drug-likeness (QED) is 0.778. The summed E-state index contributed by atoms with van der Waals surface area (Å²) in [5, 5.41) is 3.81. The lowest BCUT2D eigenvalue weighted by Gasteiger charge is -2.09. The van der Waals surface area contributed by atoms with E-state index in [-0.39, 0.29) is 5.78 Å². The van der Waals surface area contributed by atoms with E-state index >= 15 is 0 Å². The number of ketones is 1. The summed E-state index contributed by atoms with van der Waals surface area (Å²) < 4.78 is 5.05. The average molecular weight is 242 g/mol. The van der Waals surface area contributed by atoms with E-state index in [1.54, 1.807) is 20.1 Å². The monoisotopic (exact) mass is 241 g/mol. The van der Waals surface area contributed by atoms with E-state index in [2.05, 4.69) is 5.32 Å². The summed E-state index contributed by atoms with van der Waals surface area (Å²) in [6.45, 7) is 2.34. The molecule has 1 aromatic rings. The molecule has 3 nitrogen and oxygen atoms in total. The first-order chi connectivity index (χ1) is 7.63. The van der Waals surface area contributed by atoms with E-state index in [4.69, 9.17) is 16.3 Å². The number of nitrogens with one attached hydrogen (secondary N) is 1. The molecule has 0 atom stereocenters. The number of rotatable bonds is 6. The number of methoxy groups -OCH3 is 1. The number of hydrogen-bond donors (Lipinski definition) is 1. The molecule has 0 aliphatic heterocycles. The van der Waals surface area contributed by atoms with Crippen molar-refractivity contribution in [3.8, 4) is 5.75 Å². The van der Waals surface area contributed by atoms with Crippen LogP contribution in [0.5, 0.6) is 5.75 Å². The van der Waals surface area contributed by atoms with Gasteiger partial charge in [0, 0.05) is 19.0 Å². The molecule has 1 aromatic carbocycles. The van der Waals surface area contributed by atoms with E-state index < -0.39 is 0 Å². The highest BCUT2D eigenvalue weighted by molar-refractivity contribution is 6.33. The standard InChI is InChI=1S/C12H16ClNO2/c1-9(15)4-3-7-14-12-6-5-10(16-2)8-11(12)13/h5-6,8,14H,3-4,7H2,1-2H3. The predicted octanol–water partition coefficient (Wildman–Crippen LogP) is 3.13. The fourth-order valence-electron chi connectivity index (χ4n) is 1.33. The van der Waals surface area contributed by atoms with Crippen molar-refractivity contribution in [3.05, 3.63) is 23.2 Å². The minimum absolute atomic E-state index is 0.211. The molecular weight excluding hydrogens is 226 g/mol. The van der Waals surface area contributed by atoms with Gasteiger partial charge in [-0.25, -0.2) is 0 Å². The van der Waals surface area contributed by atoms with Crippen molar-refractivity contribution in [3.63, 3.8) is 0 Å². The van der Waals surface area contributed by atoms with E-state index in [0.717, 1.165) is 24.4 Å². The smallest absolute Gasteiger partial charge is 0.129 e. The van der Waals surface area contributed by atoms with Crippen molar-refractivity contribution in [2.75, 3.05) is 19.0 Å². The highest BCUT2D eigenvalue weighted by Gasteiger charge is 2.01. The normalized spacial score (nSPS) is 9.94. The third kappa shape index (κ3) is 4.11. The molecule has 1 N–H and O–H groups in total. The molecule has 1 rings (SSSR count). The van der Waals surface area contributed by atoms with Crippen molar-refractivity contribution < 1.29 is 9.53 Å². The number of anilines is 1. The summed E-state index contributed by atoms with van der Waals surface area (Å²) in [5.74, 6) is 0.946. The lowest BCUT2D eigenvalue weighted by atomic mass is 10.2. The predicted molar refractivity (Wildman–Crippen MR) is 66.4 cm³/mol. The Morgan fingerprint density at radius 2 is 2.25 bits per heavy atom. The summed E-state index contributed by atoms with van der Waals surface area (Å²) in [6.07, 6.45) is 1.42. The maximum atomic E-state index is 10.7. The minimum atomic E-state index is 0.211. The van der Waals surface area contributed by atoms with Crippen molar-refractivity contribution in [2.45, 2.75) is 19.8 Å². The molecule has 0 radical (unpaired) electrons. The molecule has 0 amide bonds. The van der Waals surface area contributed by atoms with Gasteiger partial charge in [0.15, 0.2) is 0 Å². The highest BCUT2D eigenvalue weighted by Crippen LogP contribution is 2.26. The Morgan fingerprint density at radius 3 is 2.81 bits per heavy atom. The topological polar surface area (TPSA) is 38.3 Å². The van der Waals surface area contributed by atoms with Gasteiger partial charge in [0.1, 0.15) is 11.5 Å². The third-order valence-corrected chi connectivity index (χ3v) is 2.51. The summed E-state index contributed by atoms with van der Waals surface area (Å²) >= 11 is 6.04. The summed E-state index contributed by atoms with van der Waals surface area (Å²) in [4.78, 5) is 10.7. The number of ether oxygens (including phenoxy) is 1. The molecule has 0 saturated carbocycles. The van der Waals surface area contributed by atoms with Crippen molar-refractivity contribution in [2.24, 2.45) is 0 Å². The summed E-state index contributed by atoms with van der Waals surface area (Å²) in [7, 11) is 1.60. The molecule has 0 heterocycles. The lowest BCUT2D eigenvalue weighted by Crippen LogP contribution is -2.04. The molecule has 0 unspecified atom stereocenters. The molecular formula is C12H16ClNO2. The average Bonchev–Trinajstić information content (AvgIpc) is 2.25. The Hall–Kier alpha value is -1.22. The third-order valence-electron chi connectivity index (χ3n) is 2.20. The zero-order chi connectivity index (χ0) is 12.0. The number of hydrogen-bond acceptors (Lipinski definition) is 3. The first-order valence-corrected chi connectivity index (χ1v) is 5.58. The Balaban J connectivity index is 2.45. The fourth-order valence-corrected chi connectivity index (χ4v) is 1.56. The van der Waals surface area contributed by atoms with Crippen molar-refractivity contribution in [1.82, 2.24) is 0 Å². The van der Waals surface area contributed by atoms with Gasteiger partial charge in [0.25, 0.3) is 0 Å². The SMILES string of the molecule is COc1ccc(NCCCC(C)=O)c(Cl)c1. The maximum Gasteiger partial charge on any atom is 0.129 e. The first-order valence-electron chi connectivity index (χ1n) is 5.20. The van der Waals surface area contributed by atoms with Crippen molar-refractivity contribution in [1.29, 1.82) is 0 Å². The highest BCUT2D eigenvalue weighted by atomic mass is 35.5. The van der Waals surface area contributed by atoms with E-state index in [0.29, 0.717) is 11.4 Å². The first kappa shape index (κ1) is 12.8. The Labute approximate surface area is 101 Å². The number of carbonyl (C=O) groups is 1. The number of halogens is 1. The van der Waals surface area contributed by atoms with Crippen molar-refractivity contribution >= 4 is 23.1 Å². The largest absolute Gasteiger partial charge is 0.497 e. The number of benzene rings is 1. The van der Waals surface area contributed by atoms with Crippen LogP contribution in [0.2, 0.25) is 5.02 Å². The second-order valence-corrected chi connectivity index (χ2v) is 3.99. The van der Waals surface area contributed by atoms with Gasteiger partial charge in [0.2, 0.25) is 0 Å². The van der Waals surface area contributed by atoms with Gasteiger partial charge in [-0.3, -0.25) is 0 Å². The molecule has 0 spiro atoms. The summed E-state index contributed by atoms with van der Waals surface area (Å²) in [5.41, 5.74) is 0.867. The zero-order valence-corrected chi connectivity index (χ0v) is 10.3. The molecule has 0 aliphatic carbocycles. The van der Waals surface area contributed by atoms with Crippen LogP contribution in [0.3, 0.4) is 0 Å². The molecule has 0 aliphatic rings. The van der Waals surface area contributed by atoms with E-state index in [9.17, 15) is 4.79 Å². The van der Waals surface area contributed by atoms with Crippen LogP contribution in [0.15, 0.2) is 18.2 Å². The van der Waals surface area contributed by atoms with Gasteiger partial charge in [-0.15, -0.1) is 0 Å². The molecule has 0 bridgehead atoms. The van der Waals surface area contributed by atoms with Crippen LogP contribution < -0.4 is 10.1 Å².